The van der Waals surface area contributed by atoms with Gasteiger partial charge >= 0.3 is 6.03 Å². The zero-order chi connectivity index (χ0) is 20.0. The van der Waals surface area contributed by atoms with E-state index in [-0.39, 0.29) is 12.1 Å². The highest BCUT2D eigenvalue weighted by Crippen LogP contribution is 2.36. The molecule has 7 nitrogen and oxygen atoms in total. The van der Waals surface area contributed by atoms with Crippen LogP contribution in [0.25, 0.3) is 0 Å². The van der Waals surface area contributed by atoms with Crippen LogP contribution in [0.2, 0.25) is 10.0 Å². The second-order valence-corrected chi connectivity index (χ2v) is 7.75. The Morgan fingerprint density at radius 3 is 2.71 bits per heavy atom. The third-order valence-electron chi connectivity index (χ3n) is 5.20. The number of benzene rings is 1. The number of carbonyl (C=O) groups excluding carboxylic acids is 2. The van der Waals surface area contributed by atoms with Crippen molar-refractivity contribution in [2.24, 2.45) is 5.73 Å². The Balaban J connectivity index is 1.72. The van der Waals surface area contributed by atoms with E-state index in [0.717, 1.165) is 17.7 Å². The highest BCUT2D eigenvalue weighted by atomic mass is 35.5. The van der Waals surface area contributed by atoms with Crippen LogP contribution < -0.4 is 10.6 Å². The van der Waals surface area contributed by atoms with E-state index in [1.807, 2.05) is 19.1 Å². The number of nitrogens with two attached hydrogens (primary N) is 1. The molecular weight excluding hydrogens is 401 g/mol. The molecule has 2 aliphatic heterocycles. The maximum atomic E-state index is 13.3. The molecule has 0 radical (unpaired) electrons. The van der Waals surface area contributed by atoms with Gasteiger partial charge in [-0.3, -0.25) is 9.69 Å². The number of hydrogen-bond acceptors (Lipinski definition) is 3. The molecule has 146 valence electrons. The minimum atomic E-state index is -0.579. The molecule has 4 rings (SSSR count). The molecule has 1 saturated heterocycles. The molecular formula is C19H19Cl2N5O2. The number of primary amides is 1. The first-order valence-electron chi connectivity index (χ1n) is 8.95. The van der Waals surface area contributed by atoms with Crippen LogP contribution in [0.5, 0.6) is 0 Å². The normalized spacial score (nSPS) is 21.5. The van der Waals surface area contributed by atoms with Crippen molar-refractivity contribution >= 4 is 41.0 Å². The van der Waals surface area contributed by atoms with Crippen LogP contribution in [-0.2, 0) is 4.79 Å². The number of hydrogen-bond donors (Lipinski definition) is 1. The van der Waals surface area contributed by atoms with Gasteiger partial charge in [0.25, 0.3) is 0 Å². The fraction of sp³-hybridized carbons (Fsp3) is 0.316. The van der Waals surface area contributed by atoms with E-state index < -0.39 is 11.9 Å². The summed E-state index contributed by atoms with van der Waals surface area (Å²) in [6.45, 7) is 2.36. The lowest BCUT2D eigenvalue weighted by atomic mass is 10.0. The van der Waals surface area contributed by atoms with E-state index in [2.05, 4.69) is 5.10 Å². The van der Waals surface area contributed by atoms with Crippen molar-refractivity contribution in [3.8, 4) is 0 Å². The zero-order valence-corrected chi connectivity index (χ0v) is 16.7. The monoisotopic (exact) mass is 419 g/mol. The van der Waals surface area contributed by atoms with Crippen molar-refractivity contribution in [1.29, 1.82) is 0 Å². The van der Waals surface area contributed by atoms with Gasteiger partial charge in [0, 0.05) is 18.3 Å². The van der Waals surface area contributed by atoms with Crippen molar-refractivity contribution in [2.45, 2.75) is 31.8 Å². The predicted molar refractivity (Wildman–Crippen MR) is 107 cm³/mol. The predicted octanol–water partition coefficient (Wildman–Crippen LogP) is 3.57. The van der Waals surface area contributed by atoms with Crippen molar-refractivity contribution in [1.82, 2.24) is 14.7 Å². The Hall–Kier alpha value is -2.51. The summed E-state index contributed by atoms with van der Waals surface area (Å²) >= 11 is 12.2. The molecule has 0 bridgehead atoms. The summed E-state index contributed by atoms with van der Waals surface area (Å²) < 4.78 is 1.75. The first kappa shape index (κ1) is 18.8. The summed E-state index contributed by atoms with van der Waals surface area (Å²) in [6, 6.07) is 6.11. The molecule has 0 spiro atoms. The number of allylic oxidation sites excluding steroid dienone is 2. The smallest absolute Gasteiger partial charge is 0.330 e. The number of fused-ring (bicyclic) bond motifs is 1. The minimum Gasteiger partial charge on any atom is -0.368 e. The third-order valence-corrected chi connectivity index (χ3v) is 5.94. The molecule has 9 heteroatoms. The molecule has 3 heterocycles. The number of aromatic nitrogens is 2. The van der Waals surface area contributed by atoms with Gasteiger partial charge in [0.05, 0.1) is 22.3 Å². The van der Waals surface area contributed by atoms with Crippen molar-refractivity contribution in [3.63, 3.8) is 0 Å². The van der Waals surface area contributed by atoms with Gasteiger partial charge in [0.2, 0.25) is 5.91 Å². The molecule has 0 aliphatic carbocycles. The lowest BCUT2D eigenvalue weighted by Gasteiger charge is -2.35. The first-order valence-corrected chi connectivity index (χ1v) is 9.71. The van der Waals surface area contributed by atoms with Gasteiger partial charge in [-0.25, -0.2) is 9.48 Å². The maximum Gasteiger partial charge on any atom is 0.330 e. The van der Waals surface area contributed by atoms with Gasteiger partial charge in [0.1, 0.15) is 11.9 Å². The molecule has 2 aliphatic rings. The van der Waals surface area contributed by atoms with Crippen molar-refractivity contribution in [2.75, 3.05) is 11.4 Å². The minimum absolute atomic E-state index is 0.227. The van der Waals surface area contributed by atoms with E-state index in [4.69, 9.17) is 28.9 Å². The molecule has 28 heavy (non-hydrogen) atoms. The Bertz CT molecular complexity index is 986. The van der Waals surface area contributed by atoms with Gasteiger partial charge < -0.3 is 10.6 Å². The van der Waals surface area contributed by atoms with Gasteiger partial charge in [-0.15, -0.1) is 0 Å². The number of urea groups is 1. The highest BCUT2D eigenvalue weighted by molar-refractivity contribution is 6.42. The van der Waals surface area contributed by atoms with E-state index in [1.54, 1.807) is 34.0 Å². The van der Waals surface area contributed by atoms with Gasteiger partial charge in [-0.1, -0.05) is 29.3 Å². The van der Waals surface area contributed by atoms with Crippen LogP contribution in [0.4, 0.5) is 10.6 Å². The Labute approximate surface area is 172 Å². The lowest BCUT2D eigenvalue weighted by molar-refractivity contribution is -0.121. The number of carbonyl (C=O) groups is 2. The second kappa shape index (κ2) is 7.14. The standard InChI is InChI=1S/C19H19Cl2N5O2/c1-11-9-16(12-4-5-13(20)14(21)10-12)26-17(6-7-23-26)25(11)19(28)24-8-2-3-15(24)18(22)27/h4-7,9-10,15-16H,2-3,8H2,1H3,(H2,22,27)/t15-,16?/m1/s1. The molecule has 2 atom stereocenters. The summed E-state index contributed by atoms with van der Waals surface area (Å²) in [5.74, 6) is 0.142. The Morgan fingerprint density at radius 2 is 2.00 bits per heavy atom. The lowest BCUT2D eigenvalue weighted by Crippen LogP contribution is -2.50. The topological polar surface area (TPSA) is 84.5 Å². The summed E-state index contributed by atoms with van der Waals surface area (Å²) in [5, 5.41) is 5.34. The third kappa shape index (κ3) is 3.04. The fourth-order valence-corrected chi connectivity index (χ4v) is 4.16. The molecule has 3 amide bonds. The van der Waals surface area contributed by atoms with Crippen molar-refractivity contribution in [3.05, 3.63) is 57.8 Å². The average Bonchev–Trinajstić information content (AvgIpc) is 3.32. The molecule has 1 fully saturated rings. The number of likely N-dealkylation sites (tertiary alicyclic amines) is 1. The summed E-state index contributed by atoms with van der Waals surface area (Å²) in [5.41, 5.74) is 7.13. The van der Waals surface area contributed by atoms with Crippen LogP contribution in [0.15, 0.2) is 42.2 Å². The van der Waals surface area contributed by atoms with E-state index in [0.29, 0.717) is 28.8 Å². The number of halogens is 2. The number of rotatable bonds is 2. The SMILES string of the molecule is CC1=CC(c2ccc(Cl)c(Cl)c2)n2nccc2N1C(=O)N1CCC[C@@H]1C(N)=O. The summed E-state index contributed by atoms with van der Waals surface area (Å²) in [4.78, 5) is 28.1. The molecule has 0 saturated carbocycles. The van der Waals surface area contributed by atoms with E-state index in [9.17, 15) is 9.59 Å². The van der Waals surface area contributed by atoms with Crippen LogP contribution in [0, 0.1) is 0 Å². The maximum absolute atomic E-state index is 13.3. The van der Waals surface area contributed by atoms with Crippen LogP contribution >= 0.6 is 23.2 Å². The second-order valence-electron chi connectivity index (χ2n) is 6.93. The molecule has 1 aromatic carbocycles. The summed E-state index contributed by atoms with van der Waals surface area (Å²) in [6.07, 6.45) is 4.92. The fourth-order valence-electron chi connectivity index (χ4n) is 3.86. The number of amides is 3. The van der Waals surface area contributed by atoms with Gasteiger partial charge in [-0.2, -0.15) is 5.10 Å². The Morgan fingerprint density at radius 1 is 1.21 bits per heavy atom. The largest absolute Gasteiger partial charge is 0.368 e. The van der Waals surface area contributed by atoms with Gasteiger partial charge in [-0.05, 0) is 43.5 Å². The van der Waals surface area contributed by atoms with Crippen LogP contribution in [0.1, 0.15) is 31.4 Å². The number of anilines is 1. The van der Waals surface area contributed by atoms with Crippen molar-refractivity contribution < 1.29 is 9.59 Å². The highest BCUT2D eigenvalue weighted by Gasteiger charge is 2.38. The van der Waals surface area contributed by atoms with Gasteiger partial charge in [0.15, 0.2) is 0 Å². The first-order chi connectivity index (χ1) is 13.4. The average molecular weight is 420 g/mol. The van der Waals surface area contributed by atoms with Crippen LogP contribution in [0.3, 0.4) is 0 Å². The Kier molecular flexibility index (Phi) is 4.81. The number of nitrogens with zero attached hydrogens (tertiary/aromatic N) is 4. The van der Waals surface area contributed by atoms with E-state index in [1.165, 1.54) is 4.90 Å². The molecule has 2 aromatic rings. The molecule has 2 N–H and O–H groups in total. The molecule has 1 unspecified atom stereocenters. The zero-order valence-electron chi connectivity index (χ0n) is 15.2. The van der Waals surface area contributed by atoms with Crippen LogP contribution in [-0.4, -0.2) is 39.2 Å². The summed E-state index contributed by atoms with van der Waals surface area (Å²) in [7, 11) is 0. The van der Waals surface area contributed by atoms with E-state index >= 15 is 0 Å². The quantitative estimate of drug-likeness (QED) is 0.806. The molecule has 1 aromatic heterocycles.